The Labute approximate surface area is 119 Å². The van der Waals surface area contributed by atoms with Crippen molar-refractivity contribution in [1.82, 2.24) is 0 Å². The molecular formula is C14H12ClF3N2. The summed E-state index contributed by atoms with van der Waals surface area (Å²) in [5, 5.41) is 3.05. The number of aryl methyl sites for hydroxylation is 1. The number of hydrogen-bond donors (Lipinski definition) is 2. The molecule has 0 atom stereocenters. The van der Waals surface area contributed by atoms with Crippen molar-refractivity contribution in [2.45, 2.75) is 13.1 Å². The molecule has 0 unspecified atom stereocenters. The van der Waals surface area contributed by atoms with Crippen LogP contribution in [0.5, 0.6) is 0 Å². The van der Waals surface area contributed by atoms with Crippen LogP contribution in [0.4, 0.5) is 30.2 Å². The van der Waals surface area contributed by atoms with Crippen molar-refractivity contribution in [3.05, 3.63) is 52.5 Å². The quantitative estimate of drug-likeness (QED) is 0.767. The Morgan fingerprint density at radius 3 is 2.30 bits per heavy atom. The second kappa shape index (κ2) is 5.25. The molecule has 2 nitrogen and oxygen atoms in total. The Balaban J connectivity index is 2.43. The van der Waals surface area contributed by atoms with Crippen LogP contribution in [0, 0.1) is 6.92 Å². The Kier molecular flexibility index (Phi) is 3.81. The van der Waals surface area contributed by atoms with Gasteiger partial charge >= 0.3 is 6.18 Å². The van der Waals surface area contributed by atoms with Gasteiger partial charge in [-0.1, -0.05) is 17.7 Å². The van der Waals surface area contributed by atoms with Crippen molar-refractivity contribution < 1.29 is 13.2 Å². The van der Waals surface area contributed by atoms with Gasteiger partial charge in [0.2, 0.25) is 0 Å². The molecule has 0 saturated carbocycles. The van der Waals surface area contributed by atoms with E-state index in [0.29, 0.717) is 10.7 Å². The van der Waals surface area contributed by atoms with E-state index >= 15 is 0 Å². The molecule has 0 amide bonds. The van der Waals surface area contributed by atoms with Gasteiger partial charge in [0.25, 0.3) is 0 Å². The monoisotopic (exact) mass is 300 g/mol. The summed E-state index contributed by atoms with van der Waals surface area (Å²) < 4.78 is 38.9. The van der Waals surface area contributed by atoms with Gasteiger partial charge in [0.1, 0.15) is 0 Å². The minimum atomic E-state index is -4.49. The predicted octanol–water partition coefficient (Wildman–Crippen LogP) is 4.99. The van der Waals surface area contributed by atoms with Crippen LogP contribution in [0.25, 0.3) is 0 Å². The van der Waals surface area contributed by atoms with E-state index in [0.717, 1.165) is 11.6 Å². The number of nitrogens with two attached hydrogens (primary N) is 1. The third-order valence-electron chi connectivity index (χ3n) is 2.74. The second-order valence-electron chi connectivity index (χ2n) is 4.41. The summed E-state index contributed by atoms with van der Waals surface area (Å²) >= 11 is 6.01. The molecule has 0 aliphatic carbocycles. The highest BCUT2D eigenvalue weighted by atomic mass is 35.5. The highest BCUT2D eigenvalue weighted by molar-refractivity contribution is 6.33. The lowest BCUT2D eigenvalue weighted by Crippen LogP contribution is -2.09. The fraction of sp³-hybridized carbons (Fsp3) is 0.143. The van der Waals surface area contributed by atoms with Crippen molar-refractivity contribution in [3.8, 4) is 0 Å². The first-order chi connectivity index (χ1) is 9.27. The lowest BCUT2D eigenvalue weighted by molar-refractivity contribution is -0.136. The van der Waals surface area contributed by atoms with E-state index < -0.39 is 11.7 Å². The summed E-state index contributed by atoms with van der Waals surface area (Å²) in [4.78, 5) is 0. The Bertz CT molecular complexity index is 639. The van der Waals surface area contributed by atoms with E-state index in [1.165, 1.54) is 12.1 Å². The van der Waals surface area contributed by atoms with Crippen LogP contribution in [-0.2, 0) is 6.18 Å². The van der Waals surface area contributed by atoms with Gasteiger partial charge in [0, 0.05) is 5.69 Å². The molecule has 0 bridgehead atoms. The van der Waals surface area contributed by atoms with Gasteiger partial charge in [0.15, 0.2) is 0 Å². The molecule has 0 aromatic heterocycles. The Morgan fingerprint density at radius 2 is 1.70 bits per heavy atom. The standard InChI is InChI=1S/C14H12ClF3N2/c1-8-2-4-13(11(15)6-8)20-12-5-3-9(19)7-10(12)14(16,17)18/h2-7,20H,19H2,1H3. The molecule has 2 aromatic carbocycles. The fourth-order valence-corrected chi connectivity index (χ4v) is 2.05. The minimum Gasteiger partial charge on any atom is -0.399 e. The summed E-state index contributed by atoms with van der Waals surface area (Å²) in [5.74, 6) is 0. The van der Waals surface area contributed by atoms with Gasteiger partial charge in [-0.25, -0.2) is 0 Å². The molecule has 0 aliphatic heterocycles. The van der Waals surface area contributed by atoms with Crippen LogP contribution >= 0.6 is 11.6 Å². The van der Waals surface area contributed by atoms with Crippen molar-refractivity contribution in [2.75, 3.05) is 11.1 Å². The lowest BCUT2D eigenvalue weighted by atomic mass is 10.1. The van der Waals surface area contributed by atoms with Crippen LogP contribution in [-0.4, -0.2) is 0 Å². The molecule has 20 heavy (non-hydrogen) atoms. The van der Waals surface area contributed by atoms with E-state index in [4.69, 9.17) is 17.3 Å². The van der Waals surface area contributed by atoms with Crippen molar-refractivity contribution >= 4 is 28.7 Å². The smallest absolute Gasteiger partial charge is 0.399 e. The molecule has 3 N–H and O–H groups in total. The minimum absolute atomic E-state index is 0.0536. The molecule has 0 heterocycles. The summed E-state index contributed by atoms with van der Waals surface area (Å²) in [6.07, 6.45) is -4.49. The molecule has 0 radical (unpaired) electrons. The number of halogens is 4. The number of benzene rings is 2. The molecule has 0 aliphatic rings. The van der Waals surface area contributed by atoms with Gasteiger partial charge in [0.05, 0.1) is 22.0 Å². The van der Waals surface area contributed by atoms with Gasteiger partial charge in [-0.15, -0.1) is 0 Å². The van der Waals surface area contributed by atoms with Gasteiger partial charge in [-0.2, -0.15) is 13.2 Å². The fourth-order valence-electron chi connectivity index (χ4n) is 1.77. The van der Waals surface area contributed by atoms with Crippen LogP contribution < -0.4 is 11.1 Å². The average molecular weight is 301 g/mol. The van der Waals surface area contributed by atoms with Crippen molar-refractivity contribution in [2.24, 2.45) is 0 Å². The third-order valence-corrected chi connectivity index (χ3v) is 3.06. The molecule has 0 saturated heterocycles. The summed E-state index contributed by atoms with van der Waals surface area (Å²) in [6, 6.07) is 8.65. The molecule has 6 heteroatoms. The number of alkyl halides is 3. The maximum Gasteiger partial charge on any atom is 0.418 e. The molecule has 0 spiro atoms. The zero-order chi connectivity index (χ0) is 14.9. The van der Waals surface area contributed by atoms with Gasteiger partial charge in [-0.05, 0) is 42.8 Å². The number of nitrogens with one attached hydrogen (secondary N) is 1. The second-order valence-corrected chi connectivity index (χ2v) is 4.82. The van der Waals surface area contributed by atoms with E-state index in [-0.39, 0.29) is 11.4 Å². The van der Waals surface area contributed by atoms with Crippen LogP contribution in [0.15, 0.2) is 36.4 Å². The van der Waals surface area contributed by atoms with E-state index in [1.54, 1.807) is 18.2 Å². The summed E-state index contributed by atoms with van der Waals surface area (Å²) in [5.41, 5.74) is 5.89. The first kappa shape index (κ1) is 14.5. The van der Waals surface area contributed by atoms with Gasteiger partial charge in [-0.3, -0.25) is 0 Å². The highest BCUT2D eigenvalue weighted by Crippen LogP contribution is 2.38. The first-order valence-electron chi connectivity index (χ1n) is 5.77. The normalized spacial score (nSPS) is 11.4. The maximum atomic E-state index is 13.0. The number of anilines is 3. The van der Waals surface area contributed by atoms with E-state index in [2.05, 4.69) is 5.32 Å². The molecular weight excluding hydrogens is 289 g/mol. The lowest BCUT2D eigenvalue weighted by Gasteiger charge is -2.16. The van der Waals surface area contributed by atoms with Crippen LogP contribution in [0.3, 0.4) is 0 Å². The summed E-state index contributed by atoms with van der Waals surface area (Å²) in [6.45, 7) is 1.85. The summed E-state index contributed by atoms with van der Waals surface area (Å²) in [7, 11) is 0. The van der Waals surface area contributed by atoms with Crippen LogP contribution in [0.1, 0.15) is 11.1 Å². The first-order valence-corrected chi connectivity index (χ1v) is 6.15. The van der Waals surface area contributed by atoms with Gasteiger partial charge < -0.3 is 11.1 Å². The zero-order valence-corrected chi connectivity index (χ0v) is 11.3. The van der Waals surface area contributed by atoms with Crippen molar-refractivity contribution in [1.29, 1.82) is 0 Å². The topological polar surface area (TPSA) is 38.0 Å². The van der Waals surface area contributed by atoms with E-state index in [1.807, 2.05) is 6.92 Å². The predicted molar refractivity (Wildman–Crippen MR) is 75.3 cm³/mol. The third kappa shape index (κ3) is 3.17. The maximum absolute atomic E-state index is 13.0. The van der Waals surface area contributed by atoms with Crippen LogP contribution in [0.2, 0.25) is 5.02 Å². The molecule has 2 rings (SSSR count). The Hall–Kier alpha value is -1.88. The van der Waals surface area contributed by atoms with E-state index in [9.17, 15) is 13.2 Å². The Morgan fingerprint density at radius 1 is 1.05 bits per heavy atom. The SMILES string of the molecule is Cc1ccc(Nc2ccc(N)cc2C(F)(F)F)c(Cl)c1. The average Bonchev–Trinajstić information content (AvgIpc) is 2.33. The molecule has 2 aromatic rings. The highest BCUT2D eigenvalue weighted by Gasteiger charge is 2.33. The zero-order valence-electron chi connectivity index (χ0n) is 10.6. The largest absolute Gasteiger partial charge is 0.418 e. The number of nitrogen functional groups attached to an aromatic ring is 1. The number of hydrogen-bond acceptors (Lipinski definition) is 2. The molecule has 0 fully saturated rings. The van der Waals surface area contributed by atoms with Crippen molar-refractivity contribution in [3.63, 3.8) is 0 Å². The number of rotatable bonds is 2. The molecule has 106 valence electrons.